The number of hydrogen-bond acceptors (Lipinski definition) is 2. The van der Waals surface area contributed by atoms with E-state index >= 15 is 4.39 Å². The highest BCUT2D eigenvalue weighted by atomic mass is 19.1. The number of halogens is 2. The molecule has 128 valence electrons. The van der Waals surface area contributed by atoms with Crippen LogP contribution in [0.15, 0.2) is 24.0 Å². The van der Waals surface area contributed by atoms with Gasteiger partial charge in [0, 0.05) is 5.41 Å². The van der Waals surface area contributed by atoms with Crippen LogP contribution in [0.5, 0.6) is 0 Å². The van der Waals surface area contributed by atoms with Gasteiger partial charge >= 0.3 is 0 Å². The van der Waals surface area contributed by atoms with Gasteiger partial charge in [-0.3, -0.25) is 0 Å². The second-order valence-electron chi connectivity index (χ2n) is 8.67. The van der Waals surface area contributed by atoms with Crippen molar-refractivity contribution in [2.24, 2.45) is 28.6 Å². The van der Waals surface area contributed by atoms with Crippen molar-refractivity contribution < 1.29 is 19.0 Å². The Morgan fingerprint density at radius 3 is 2.65 bits per heavy atom. The van der Waals surface area contributed by atoms with Gasteiger partial charge in [-0.2, -0.15) is 0 Å². The highest BCUT2D eigenvalue weighted by Gasteiger charge is 2.68. The molecular formula is C19H26F2O2. The lowest BCUT2D eigenvalue weighted by Gasteiger charge is -2.61. The summed E-state index contributed by atoms with van der Waals surface area (Å²) >= 11 is 0. The first kappa shape index (κ1) is 15.6. The minimum absolute atomic E-state index is 0.00870. The molecule has 0 spiro atoms. The summed E-state index contributed by atoms with van der Waals surface area (Å²) < 4.78 is 30.6. The maximum absolute atomic E-state index is 16.4. The summed E-state index contributed by atoms with van der Waals surface area (Å²) in [7, 11) is 0. The van der Waals surface area contributed by atoms with Crippen LogP contribution in [0.1, 0.15) is 46.0 Å². The van der Waals surface area contributed by atoms with E-state index < -0.39 is 28.8 Å². The molecule has 0 aromatic carbocycles. The molecule has 0 aliphatic heterocycles. The molecule has 3 fully saturated rings. The third kappa shape index (κ3) is 1.76. The molecule has 2 nitrogen and oxygen atoms in total. The Morgan fingerprint density at radius 2 is 1.91 bits per heavy atom. The number of fused-ring (bicyclic) bond motifs is 5. The predicted octanol–water partition coefficient (Wildman–Crippen LogP) is 4.26. The van der Waals surface area contributed by atoms with E-state index in [1.807, 2.05) is 19.9 Å². The Morgan fingerprint density at radius 1 is 1.17 bits per heavy atom. The Labute approximate surface area is 136 Å². The SMILES string of the molecule is C[C@]12C=CC(O)=CC1CC[C@H]1[C@@H]3CC(F)C(O)[C@@]3(C)CC[C@]12F. The van der Waals surface area contributed by atoms with Gasteiger partial charge in [0.15, 0.2) is 0 Å². The van der Waals surface area contributed by atoms with Crippen LogP contribution < -0.4 is 0 Å². The number of hydrogen-bond donors (Lipinski definition) is 2. The monoisotopic (exact) mass is 324 g/mol. The first-order valence-electron chi connectivity index (χ1n) is 8.83. The van der Waals surface area contributed by atoms with Crippen LogP contribution >= 0.6 is 0 Å². The van der Waals surface area contributed by atoms with E-state index in [1.54, 1.807) is 12.2 Å². The van der Waals surface area contributed by atoms with E-state index in [2.05, 4.69) is 0 Å². The van der Waals surface area contributed by atoms with Gasteiger partial charge in [-0.1, -0.05) is 19.9 Å². The predicted molar refractivity (Wildman–Crippen MR) is 84.4 cm³/mol. The van der Waals surface area contributed by atoms with Crippen LogP contribution in [0.4, 0.5) is 8.78 Å². The minimum Gasteiger partial charge on any atom is -0.508 e. The van der Waals surface area contributed by atoms with Gasteiger partial charge < -0.3 is 10.2 Å². The second kappa shape index (κ2) is 4.59. The molecule has 23 heavy (non-hydrogen) atoms. The average Bonchev–Trinajstić information content (AvgIpc) is 2.73. The molecule has 0 heterocycles. The fourth-order valence-electron chi connectivity index (χ4n) is 6.29. The van der Waals surface area contributed by atoms with Crippen molar-refractivity contribution in [1.82, 2.24) is 0 Å². The molecule has 0 aromatic rings. The highest BCUT2D eigenvalue weighted by Crippen LogP contribution is 2.68. The molecule has 0 bridgehead atoms. The largest absolute Gasteiger partial charge is 0.508 e. The third-order valence-corrected chi connectivity index (χ3v) is 7.87. The van der Waals surface area contributed by atoms with Gasteiger partial charge in [-0.15, -0.1) is 0 Å². The summed E-state index contributed by atoms with van der Waals surface area (Å²) in [5.74, 6) is -0.103. The molecule has 0 aromatic heterocycles. The molecule has 4 heteroatoms. The van der Waals surface area contributed by atoms with E-state index in [1.165, 1.54) is 0 Å². The summed E-state index contributed by atoms with van der Waals surface area (Å²) in [6, 6.07) is 0. The summed E-state index contributed by atoms with van der Waals surface area (Å²) in [6.07, 6.45) is 5.70. The molecule has 2 N–H and O–H groups in total. The maximum Gasteiger partial charge on any atom is 0.127 e. The Bertz CT molecular complexity index is 588. The van der Waals surface area contributed by atoms with Crippen molar-refractivity contribution in [3.8, 4) is 0 Å². The van der Waals surface area contributed by atoms with Crippen molar-refractivity contribution in [3.05, 3.63) is 24.0 Å². The molecule has 0 saturated heterocycles. The van der Waals surface area contributed by atoms with E-state index in [0.29, 0.717) is 19.3 Å². The highest BCUT2D eigenvalue weighted by molar-refractivity contribution is 5.31. The summed E-state index contributed by atoms with van der Waals surface area (Å²) in [4.78, 5) is 0. The molecule has 8 atom stereocenters. The van der Waals surface area contributed by atoms with Crippen LogP contribution in [0.25, 0.3) is 0 Å². The van der Waals surface area contributed by atoms with Gasteiger partial charge in [-0.25, -0.2) is 8.78 Å². The topological polar surface area (TPSA) is 40.5 Å². The van der Waals surface area contributed by atoms with Crippen LogP contribution in [0.3, 0.4) is 0 Å². The third-order valence-electron chi connectivity index (χ3n) is 7.87. The zero-order valence-corrected chi connectivity index (χ0v) is 13.8. The summed E-state index contributed by atoms with van der Waals surface area (Å²) in [6.45, 7) is 3.89. The van der Waals surface area contributed by atoms with Gasteiger partial charge in [0.05, 0.1) is 6.10 Å². The van der Waals surface area contributed by atoms with E-state index in [4.69, 9.17) is 0 Å². The zero-order valence-electron chi connectivity index (χ0n) is 13.8. The smallest absolute Gasteiger partial charge is 0.127 e. The molecule has 4 rings (SSSR count). The molecule has 4 aliphatic rings. The number of aliphatic hydroxyl groups is 2. The lowest BCUT2D eigenvalue weighted by Crippen LogP contribution is -2.61. The molecular weight excluding hydrogens is 298 g/mol. The Balaban J connectivity index is 1.75. The van der Waals surface area contributed by atoms with Crippen molar-refractivity contribution >= 4 is 0 Å². The average molecular weight is 324 g/mol. The number of aliphatic hydroxyl groups excluding tert-OH is 2. The van der Waals surface area contributed by atoms with Crippen molar-refractivity contribution in [2.75, 3.05) is 0 Å². The number of rotatable bonds is 0. The second-order valence-corrected chi connectivity index (χ2v) is 8.67. The van der Waals surface area contributed by atoms with Gasteiger partial charge in [-0.05, 0) is 67.4 Å². The molecule has 3 saturated carbocycles. The quantitative estimate of drug-likeness (QED) is 0.699. The summed E-state index contributed by atoms with van der Waals surface area (Å²) in [5.41, 5.74) is -2.54. The first-order valence-corrected chi connectivity index (χ1v) is 8.83. The Kier molecular flexibility index (Phi) is 3.12. The van der Waals surface area contributed by atoms with Gasteiger partial charge in [0.2, 0.25) is 0 Å². The van der Waals surface area contributed by atoms with Gasteiger partial charge in [0.1, 0.15) is 17.6 Å². The zero-order chi connectivity index (χ0) is 16.6. The van der Waals surface area contributed by atoms with Crippen LogP contribution in [-0.2, 0) is 0 Å². The summed E-state index contributed by atoms with van der Waals surface area (Å²) in [5, 5.41) is 20.1. The van der Waals surface area contributed by atoms with Gasteiger partial charge in [0.25, 0.3) is 0 Å². The van der Waals surface area contributed by atoms with E-state index in [0.717, 1.165) is 6.42 Å². The number of alkyl halides is 2. The lowest BCUT2D eigenvalue weighted by molar-refractivity contribution is -0.165. The normalized spacial score (nSPS) is 58.1. The van der Waals surface area contributed by atoms with Crippen molar-refractivity contribution in [1.29, 1.82) is 0 Å². The maximum atomic E-state index is 16.4. The molecule has 3 unspecified atom stereocenters. The van der Waals surface area contributed by atoms with Crippen molar-refractivity contribution in [2.45, 2.75) is 63.9 Å². The standard InChI is InChI=1S/C19H26F2O2/c1-17-7-8-19(21)13(14(17)10-15(20)16(17)23)4-3-11-9-12(22)5-6-18(11,19)2/h5-6,9,11,13-16,22-23H,3-4,7-8,10H2,1-2H3/t11?,13-,14-,15?,16?,17-,18-,19-/m0/s1. The van der Waals surface area contributed by atoms with Crippen molar-refractivity contribution in [3.63, 3.8) is 0 Å². The minimum atomic E-state index is -1.39. The van der Waals surface area contributed by atoms with Crippen LogP contribution in [0.2, 0.25) is 0 Å². The molecule has 0 radical (unpaired) electrons. The van der Waals surface area contributed by atoms with E-state index in [-0.39, 0.29) is 29.9 Å². The molecule has 0 amide bonds. The van der Waals surface area contributed by atoms with Crippen LogP contribution in [-0.4, -0.2) is 28.2 Å². The lowest BCUT2D eigenvalue weighted by atomic mass is 9.45. The first-order chi connectivity index (χ1) is 10.7. The number of allylic oxidation sites excluding steroid dienone is 3. The van der Waals surface area contributed by atoms with Crippen LogP contribution in [0, 0.1) is 28.6 Å². The molecule has 4 aliphatic carbocycles. The van der Waals surface area contributed by atoms with E-state index in [9.17, 15) is 14.6 Å². The Hall–Kier alpha value is -0.900. The fourth-order valence-corrected chi connectivity index (χ4v) is 6.29. The fraction of sp³-hybridized carbons (Fsp3) is 0.789.